The lowest BCUT2D eigenvalue weighted by Crippen LogP contribution is -2.14. The van der Waals surface area contributed by atoms with Crippen LogP contribution < -0.4 is 0 Å². The van der Waals surface area contributed by atoms with Gasteiger partial charge in [0.2, 0.25) is 0 Å². The zero-order chi connectivity index (χ0) is 16.9. The monoisotopic (exact) mass is 328 g/mol. The highest BCUT2D eigenvalue weighted by molar-refractivity contribution is 5.94. The molecule has 0 bridgehead atoms. The molecule has 0 saturated carbocycles. The summed E-state index contributed by atoms with van der Waals surface area (Å²) in [6, 6.07) is 3.25. The number of nitrogens with zero attached hydrogens (tertiary/aromatic N) is 4. The van der Waals surface area contributed by atoms with Crippen molar-refractivity contribution in [3.8, 4) is 5.82 Å². The van der Waals surface area contributed by atoms with Gasteiger partial charge in [-0.3, -0.25) is 4.79 Å². The van der Waals surface area contributed by atoms with Crippen molar-refractivity contribution < 1.29 is 19.1 Å². The van der Waals surface area contributed by atoms with Crippen LogP contribution >= 0.6 is 0 Å². The average Bonchev–Trinajstić information content (AvgIpc) is 3.09. The molecule has 8 nitrogen and oxygen atoms in total. The van der Waals surface area contributed by atoms with Crippen LogP contribution in [0, 0.1) is 0 Å². The molecule has 0 atom stereocenters. The molecule has 1 aliphatic rings. The normalized spacial score (nSPS) is 14.4. The summed E-state index contributed by atoms with van der Waals surface area (Å²) in [5.41, 5.74) is 0.720. The van der Waals surface area contributed by atoms with E-state index in [1.807, 2.05) is 0 Å². The van der Waals surface area contributed by atoms with Gasteiger partial charge < -0.3 is 9.47 Å². The van der Waals surface area contributed by atoms with Gasteiger partial charge in [-0.1, -0.05) is 0 Å². The Balaban J connectivity index is 1.86. The lowest BCUT2D eigenvalue weighted by atomic mass is 10.1. The average molecular weight is 328 g/mol. The number of allylic oxidation sites excluding steroid dienone is 2. The number of methoxy groups -OCH3 is 1. The summed E-state index contributed by atoms with van der Waals surface area (Å²) in [4.78, 5) is 32.1. The molecule has 0 amide bonds. The van der Waals surface area contributed by atoms with Gasteiger partial charge in [0.25, 0.3) is 0 Å². The summed E-state index contributed by atoms with van der Waals surface area (Å²) in [5.74, 6) is 0.324. The molecule has 8 heteroatoms. The van der Waals surface area contributed by atoms with Crippen LogP contribution in [0.15, 0.2) is 36.6 Å². The van der Waals surface area contributed by atoms with Crippen molar-refractivity contribution >= 4 is 11.8 Å². The molecule has 0 saturated heterocycles. The molecule has 0 unspecified atom stereocenters. The first-order chi connectivity index (χ1) is 11.7. The molecule has 2 aromatic heterocycles. The number of esters is 1. The van der Waals surface area contributed by atoms with E-state index >= 15 is 0 Å². The Bertz CT molecular complexity index is 783. The molecule has 1 aliphatic carbocycles. The lowest BCUT2D eigenvalue weighted by molar-refractivity contribution is -0.115. The van der Waals surface area contributed by atoms with Crippen molar-refractivity contribution in [2.75, 3.05) is 7.11 Å². The second-order valence-electron chi connectivity index (χ2n) is 5.26. The molecular weight excluding hydrogens is 312 g/mol. The molecule has 2 heterocycles. The van der Waals surface area contributed by atoms with E-state index in [0.29, 0.717) is 42.1 Å². The molecule has 3 rings (SSSR count). The second-order valence-corrected chi connectivity index (χ2v) is 5.26. The first kappa shape index (κ1) is 16.0. The first-order valence-electron chi connectivity index (χ1n) is 7.47. The van der Waals surface area contributed by atoms with Gasteiger partial charge in [-0.2, -0.15) is 5.10 Å². The molecule has 0 aliphatic heterocycles. The summed E-state index contributed by atoms with van der Waals surface area (Å²) in [5, 5.41) is 4.00. The number of pyridine rings is 1. The Labute approximate surface area is 138 Å². The minimum atomic E-state index is -0.555. The molecule has 0 radical (unpaired) electrons. The van der Waals surface area contributed by atoms with Gasteiger partial charge in [0, 0.05) is 26.0 Å². The predicted octanol–water partition coefficient (Wildman–Crippen LogP) is 1.60. The molecule has 0 aromatic carbocycles. The lowest BCUT2D eigenvalue weighted by Gasteiger charge is -2.14. The van der Waals surface area contributed by atoms with E-state index < -0.39 is 5.97 Å². The summed E-state index contributed by atoms with van der Waals surface area (Å²) in [7, 11) is 1.52. The van der Waals surface area contributed by atoms with Gasteiger partial charge in [0.1, 0.15) is 18.4 Å². The van der Waals surface area contributed by atoms with E-state index in [0.717, 1.165) is 0 Å². The Kier molecular flexibility index (Phi) is 4.76. The van der Waals surface area contributed by atoms with Crippen molar-refractivity contribution in [3.05, 3.63) is 47.9 Å². The van der Waals surface area contributed by atoms with Crippen LogP contribution in [0.2, 0.25) is 0 Å². The zero-order valence-electron chi connectivity index (χ0n) is 13.1. The van der Waals surface area contributed by atoms with Crippen molar-refractivity contribution in [1.29, 1.82) is 0 Å². The van der Waals surface area contributed by atoms with E-state index in [1.54, 1.807) is 12.1 Å². The smallest absolute Gasteiger partial charge is 0.345 e. The molecule has 24 heavy (non-hydrogen) atoms. The van der Waals surface area contributed by atoms with Crippen molar-refractivity contribution in [2.45, 2.75) is 25.9 Å². The highest BCUT2D eigenvalue weighted by atomic mass is 16.5. The number of aromatic nitrogens is 4. The number of hydrogen-bond donors (Lipinski definition) is 0. The maximum absolute atomic E-state index is 12.4. The quantitative estimate of drug-likeness (QED) is 0.769. The maximum atomic E-state index is 12.4. The van der Waals surface area contributed by atoms with Crippen LogP contribution in [-0.4, -0.2) is 38.6 Å². The number of carbonyl (C=O) groups is 2. The Hall–Kier alpha value is -2.87. The fourth-order valence-corrected chi connectivity index (χ4v) is 2.39. The minimum Gasteiger partial charge on any atom is -0.427 e. The van der Waals surface area contributed by atoms with Crippen molar-refractivity contribution in [3.63, 3.8) is 0 Å². The fraction of sp³-hybridized carbons (Fsp3) is 0.312. The van der Waals surface area contributed by atoms with Crippen molar-refractivity contribution in [1.82, 2.24) is 19.7 Å². The zero-order valence-corrected chi connectivity index (χ0v) is 13.1. The standard InChI is InChI=1S/C16H16N4O4/c1-23-8-14-13(5-6-15(19-14)20-10-17-9-18-20)16(22)24-12-4-2-3-11(21)7-12/h5-7,9-10H,2-4,8H2,1H3. The van der Waals surface area contributed by atoms with E-state index in [4.69, 9.17) is 9.47 Å². The third kappa shape index (κ3) is 3.54. The van der Waals surface area contributed by atoms with Gasteiger partial charge in [0.15, 0.2) is 11.6 Å². The van der Waals surface area contributed by atoms with Crippen LogP contribution in [0.1, 0.15) is 35.3 Å². The first-order valence-corrected chi connectivity index (χ1v) is 7.47. The number of ether oxygens (including phenoxy) is 2. The third-order valence-corrected chi connectivity index (χ3v) is 3.51. The number of rotatable bonds is 5. The second kappa shape index (κ2) is 7.14. The van der Waals surface area contributed by atoms with E-state index in [9.17, 15) is 9.59 Å². The molecular formula is C16H16N4O4. The van der Waals surface area contributed by atoms with E-state index in [2.05, 4.69) is 15.1 Å². The summed E-state index contributed by atoms with van der Waals surface area (Å²) in [6.45, 7) is 0.144. The predicted molar refractivity (Wildman–Crippen MR) is 82.2 cm³/mol. The topological polar surface area (TPSA) is 96.2 Å². The summed E-state index contributed by atoms with van der Waals surface area (Å²) in [6.07, 6.45) is 6.04. The minimum absolute atomic E-state index is 0.0270. The molecule has 2 aromatic rings. The summed E-state index contributed by atoms with van der Waals surface area (Å²) >= 11 is 0. The third-order valence-electron chi connectivity index (χ3n) is 3.51. The van der Waals surface area contributed by atoms with Gasteiger partial charge in [-0.25, -0.2) is 19.4 Å². The van der Waals surface area contributed by atoms with Crippen LogP contribution in [0.4, 0.5) is 0 Å². The fourth-order valence-electron chi connectivity index (χ4n) is 2.39. The van der Waals surface area contributed by atoms with E-state index in [-0.39, 0.29) is 12.4 Å². The Morgan fingerprint density at radius 2 is 2.21 bits per heavy atom. The largest absolute Gasteiger partial charge is 0.427 e. The number of ketones is 1. The Morgan fingerprint density at radius 1 is 1.33 bits per heavy atom. The van der Waals surface area contributed by atoms with E-state index in [1.165, 1.54) is 30.5 Å². The van der Waals surface area contributed by atoms with Crippen LogP contribution in [0.25, 0.3) is 5.82 Å². The highest BCUT2D eigenvalue weighted by Gasteiger charge is 2.19. The number of carbonyl (C=O) groups excluding carboxylic acids is 2. The molecule has 0 spiro atoms. The van der Waals surface area contributed by atoms with Crippen LogP contribution in [-0.2, 0) is 20.9 Å². The maximum Gasteiger partial charge on any atom is 0.345 e. The van der Waals surface area contributed by atoms with Gasteiger partial charge >= 0.3 is 5.97 Å². The molecule has 0 fully saturated rings. The number of hydrogen-bond acceptors (Lipinski definition) is 7. The highest BCUT2D eigenvalue weighted by Crippen LogP contribution is 2.20. The van der Waals surface area contributed by atoms with Crippen LogP contribution in [0.3, 0.4) is 0 Å². The Morgan fingerprint density at radius 3 is 2.92 bits per heavy atom. The summed E-state index contributed by atoms with van der Waals surface area (Å²) < 4.78 is 11.9. The van der Waals surface area contributed by atoms with Crippen molar-refractivity contribution in [2.24, 2.45) is 0 Å². The van der Waals surface area contributed by atoms with Gasteiger partial charge in [-0.15, -0.1) is 0 Å². The van der Waals surface area contributed by atoms with Gasteiger partial charge in [0.05, 0.1) is 17.9 Å². The molecule has 0 N–H and O–H groups in total. The SMILES string of the molecule is COCc1nc(-n2cncn2)ccc1C(=O)OC1=CC(=O)CCC1. The van der Waals surface area contributed by atoms with Crippen LogP contribution in [0.5, 0.6) is 0 Å². The van der Waals surface area contributed by atoms with Gasteiger partial charge in [-0.05, 0) is 18.6 Å². The molecule has 124 valence electrons.